The molecule has 0 spiro atoms. The molecule has 14 nitrogen and oxygen atoms in total. The van der Waals surface area contributed by atoms with Gasteiger partial charge in [-0.2, -0.15) is 0 Å². The number of aromatic hydroxyl groups is 1. The molecule has 312 valence electrons. The van der Waals surface area contributed by atoms with Crippen molar-refractivity contribution in [1.29, 1.82) is 0 Å². The summed E-state index contributed by atoms with van der Waals surface area (Å²) in [5, 5.41) is 27.3. The molecule has 1 fully saturated rings. The average Bonchev–Trinajstić information content (AvgIpc) is 3.65. The third-order valence-electron chi connectivity index (χ3n) is 10.5. The number of amides is 3. The molecule has 1 saturated heterocycles. The molecule has 0 radical (unpaired) electrons. The van der Waals surface area contributed by atoms with Crippen LogP contribution in [0.15, 0.2) is 29.6 Å². The number of hydrogen-bond acceptors (Lipinski definition) is 11. The zero-order valence-corrected chi connectivity index (χ0v) is 35.1. The largest absolute Gasteiger partial charge is 0.508 e. The molecular weight excluding hydrogens is 739 g/mol. The summed E-state index contributed by atoms with van der Waals surface area (Å²) in [4.78, 5) is 74.4. The summed E-state index contributed by atoms with van der Waals surface area (Å²) in [5.41, 5.74) is 0.881. The summed E-state index contributed by atoms with van der Waals surface area (Å²) in [6.07, 6.45) is 3.79. The predicted octanol–water partition coefficient (Wildman–Crippen LogP) is 5.55. The molecule has 4 N–H and O–H groups in total. The minimum atomic E-state index is -0.989. The topological polar surface area (TPSA) is 188 Å². The Morgan fingerprint density at radius 1 is 1.04 bits per heavy atom. The van der Waals surface area contributed by atoms with Crippen LogP contribution in [0, 0.1) is 17.8 Å². The number of rotatable bonds is 22. The summed E-state index contributed by atoms with van der Waals surface area (Å²) in [6.45, 7) is 13.9. The van der Waals surface area contributed by atoms with Gasteiger partial charge >= 0.3 is 11.9 Å². The molecule has 56 heavy (non-hydrogen) atoms. The van der Waals surface area contributed by atoms with Crippen LogP contribution in [-0.4, -0.2) is 106 Å². The lowest BCUT2D eigenvalue weighted by molar-refractivity contribution is -0.153. The van der Waals surface area contributed by atoms with Gasteiger partial charge in [0.05, 0.1) is 12.0 Å². The standard InChI is InChI=1S/C41H63N5O9S/c1-9-19-54-24-46(40(51)36(26(5)10-2)44-38(50)33-13-11-12-18-45(33)8)34(25(3)4)22-35(55-28(7)47)39-43-32(23-56-39)37(49)42-30(20-27(6)41(52)53)21-29-14-16-31(48)17-15-29/h14-17,23,25-27,30,33-36,48H,9-13,18-22,24H2,1-8H3,(H,42,49)(H,44,50)(H,52,53)/t26?,27-,30+,33+,34+,35+,36-/m0/s1. The Hall–Kier alpha value is -4.08. The van der Waals surface area contributed by atoms with Crippen molar-refractivity contribution in [1.82, 2.24) is 25.4 Å². The first-order valence-electron chi connectivity index (χ1n) is 19.9. The quantitative estimate of drug-likeness (QED) is 0.0665. The van der Waals surface area contributed by atoms with Gasteiger partial charge in [-0.1, -0.05) is 66.5 Å². The van der Waals surface area contributed by atoms with Crippen LogP contribution < -0.4 is 10.6 Å². The second-order valence-corrected chi connectivity index (χ2v) is 16.3. The molecule has 0 bridgehead atoms. The number of likely N-dealkylation sites (tertiary alicyclic amines) is 1. The van der Waals surface area contributed by atoms with E-state index >= 15 is 0 Å². The summed E-state index contributed by atoms with van der Waals surface area (Å²) < 4.78 is 11.8. The highest BCUT2D eigenvalue weighted by atomic mass is 32.1. The van der Waals surface area contributed by atoms with Crippen LogP contribution >= 0.6 is 11.3 Å². The molecule has 3 amide bonds. The molecule has 1 aromatic carbocycles. The molecule has 0 saturated carbocycles. The van der Waals surface area contributed by atoms with Crippen LogP contribution in [0.1, 0.15) is 121 Å². The lowest BCUT2D eigenvalue weighted by atomic mass is 9.92. The number of piperidine rings is 1. The molecule has 1 aliphatic rings. The molecule has 1 unspecified atom stereocenters. The number of aromatic nitrogens is 1. The van der Waals surface area contributed by atoms with Crippen molar-refractivity contribution >= 4 is 41.0 Å². The summed E-state index contributed by atoms with van der Waals surface area (Å²) in [6, 6.07) is 4.29. The summed E-state index contributed by atoms with van der Waals surface area (Å²) >= 11 is 1.15. The van der Waals surface area contributed by atoms with Gasteiger partial charge in [0.2, 0.25) is 11.8 Å². The maximum atomic E-state index is 14.7. The van der Waals surface area contributed by atoms with Gasteiger partial charge in [0.15, 0.2) is 6.10 Å². The van der Waals surface area contributed by atoms with Crippen molar-refractivity contribution < 1.29 is 43.7 Å². The number of carbonyl (C=O) groups excluding carboxylic acids is 4. The maximum absolute atomic E-state index is 14.7. The normalized spacial score (nSPS) is 17.9. The number of likely N-dealkylation sites (N-methyl/N-ethyl adjacent to an activating group) is 1. The van der Waals surface area contributed by atoms with Crippen molar-refractivity contribution in [2.45, 2.75) is 130 Å². The molecule has 1 aromatic heterocycles. The summed E-state index contributed by atoms with van der Waals surface area (Å²) in [5.74, 6) is -3.48. The van der Waals surface area contributed by atoms with E-state index in [2.05, 4.69) is 15.6 Å². The molecular formula is C41H63N5O9S. The first kappa shape index (κ1) is 46.3. The molecule has 15 heteroatoms. The number of ether oxygens (including phenoxy) is 2. The Kier molecular flexibility index (Phi) is 18.7. The zero-order chi connectivity index (χ0) is 41.5. The lowest BCUT2D eigenvalue weighted by Gasteiger charge is -2.39. The first-order valence-corrected chi connectivity index (χ1v) is 20.8. The molecule has 7 atom stereocenters. The number of carboxylic acids is 1. The fourth-order valence-corrected chi connectivity index (χ4v) is 7.80. The number of aliphatic carboxylic acids is 1. The Bertz CT molecular complexity index is 1590. The van der Waals surface area contributed by atoms with Gasteiger partial charge in [-0.3, -0.25) is 28.9 Å². The number of thiazole rings is 1. The molecule has 2 heterocycles. The Labute approximate surface area is 335 Å². The van der Waals surface area contributed by atoms with E-state index in [1.807, 2.05) is 46.6 Å². The Balaban J connectivity index is 1.91. The monoisotopic (exact) mass is 801 g/mol. The number of carboxylic acid groups (broad SMARTS) is 1. The number of phenolic OH excluding ortho intramolecular Hbond substituents is 1. The fraction of sp³-hybridized carbons (Fsp3) is 0.659. The van der Waals surface area contributed by atoms with Crippen molar-refractivity contribution in [3.8, 4) is 5.75 Å². The van der Waals surface area contributed by atoms with Crippen molar-refractivity contribution in [3.05, 3.63) is 45.9 Å². The first-order chi connectivity index (χ1) is 26.6. The number of nitrogens with one attached hydrogen (secondary N) is 2. The maximum Gasteiger partial charge on any atom is 0.306 e. The number of phenols is 1. The van der Waals surface area contributed by atoms with E-state index in [1.54, 1.807) is 29.3 Å². The van der Waals surface area contributed by atoms with Gasteiger partial charge < -0.3 is 35.2 Å². The van der Waals surface area contributed by atoms with Crippen LogP contribution in [0.2, 0.25) is 0 Å². The Morgan fingerprint density at radius 2 is 1.73 bits per heavy atom. The molecule has 0 aliphatic carbocycles. The van der Waals surface area contributed by atoms with Crippen LogP contribution in [0.25, 0.3) is 0 Å². The fourth-order valence-electron chi connectivity index (χ4n) is 6.96. The number of esters is 1. The van der Waals surface area contributed by atoms with Gasteiger partial charge in [-0.05, 0) is 75.2 Å². The highest BCUT2D eigenvalue weighted by Crippen LogP contribution is 2.32. The van der Waals surface area contributed by atoms with Gasteiger partial charge in [-0.15, -0.1) is 11.3 Å². The van der Waals surface area contributed by atoms with E-state index in [4.69, 9.17) is 9.47 Å². The van der Waals surface area contributed by atoms with Gasteiger partial charge in [-0.25, -0.2) is 4.98 Å². The van der Waals surface area contributed by atoms with Crippen LogP contribution in [0.3, 0.4) is 0 Å². The van der Waals surface area contributed by atoms with E-state index in [1.165, 1.54) is 19.1 Å². The lowest BCUT2D eigenvalue weighted by Crippen LogP contribution is -2.59. The third kappa shape index (κ3) is 13.8. The number of hydrogen-bond donors (Lipinski definition) is 4. The van der Waals surface area contributed by atoms with Gasteiger partial charge in [0.25, 0.3) is 5.91 Å². The minimum absolute atomic E-state index is 0.0306. The van der Waals surface area contributed by atoms with Crippen molar-refractivity contribution in [2.75, 3.05) is 26.9 Å². The number of benzene rings is 1. The number of nitrogens with zero attached hydrogens (tertiary/aromatic N) is 3. The second kappa shape index (κ2) is 22.6. The second-order valence-electron chi connectivity index (χ2n) is 15.4. The molecule has 1 aliphatic heterocycles. The third-order valence-corrected chi connectivity index (χ3v) is 11.4. The predicted molar refractivity (Wildman–Crippen MR) is 214 cm³/mol. The van der Waals surface area contributed by atoms with E-state index < -0.39 is 48.0 Å². The highest BCUT2D eigenvalue weighted by molar-refractivity contribution is 7.09. The van der Waals surface area contributed by atoms with Crippen LogP contribution in [-0.2, 0) is 35.1 Å². The van der Waals surface area contributed by atoms with E-state index in [9.17, 15) is 34.2 Å². The van der Waals surface area contributed by atoms with Crippen LogP contribution in [0.5, 0.6) is 5.75 Å². The minimum Gasteiger partial charge on any atom is -0.508 e. The van der Waals surface area contributed by atoms with Gasteiger partial charge in [0.1, 0.15) is 29.2 Å². The summed E-state index contributed by atoms with van der Waals surface area (Å²) in [7, 11) is 1.93. The zero-order valence-electron chi connectivity index (χ0n) is 34.3. The van der Waals surface area contributed by atoms with Crippen molar-refractivity contribution in [3.63, 3.8) is 0 Å². The smallest absolute Gasteiger partial charge is 0.306 e. The highest BCUT2D eigenvalue weighted by Gasteiger charge is 2.39. The van der Waals surface area contributed by atoms with Gasteiger partial charge in [0, 0.05) is 37.4 Å². The van der Waals surface area contributed by atoms with Crippen LogP contribution in [0.4, 0.5) is 0 Å². The molecule has 3 rings (SSSR count). The van der Waals surface area contributed by atoms with Crippen molar-refractivity contribution in [2.24, 2.45) is 17.8 Å². The average molecular weight is 802 g/mol. The Morgan fingerprint density at radius 3 is 2.32 bits per heavy atom. The van der Waals surface area contributed by atoms with E-state index in [-0.39, 0.29) is 60.7 Å². The van der Waals surface area contributed by atoms with E-state index in [0.717, 1.165) is 49.1 Å². The van der Waals surface area contributed by atoms with E-state index in [0.29, 0.717) is 24.5 Å². The SMILES string of the molecule is CCCOCN(C(=O)[C@@H](NC(=O)[C@H]1CCCCN1C)C(C)CC)[C@H](C[C@@H](OC(C)=O)c1nc(C(=O)N[C@@H](Cc2ccc(O)cc2)C[C@H](C)C(=O)O)cs1)C(C)C. The number of carbonyl (C=O) groups is 5. The molecule has 2 aromatic rings.